The van der Waals surface area contributed by atoms with Crippen LogP contribution in [0.1, 0.15) is 0 Å². The van der Waals surface area contributed by atoms with Crippen LogP contribution in [0.15, 0.2) is 0 Å². The van der Waals surface area contributed by atoms with Crippen molar-refractivity contribution in [3.05, 3.63) is 5.32 Å². The number of rotatable bonds is 0. The van der Waals surface area contributed by atoms with E-state index in [4.69, 9.17) is 0 Å². The van der Waals surface area contributed by atoms with Crippen LogP contribution in [-0.2, 0) is 26.2 Å². The average Bonchev–Trinajstić information content (AvgIpc) is 0.918. The molecule has 0 aromatic heterocycles. The maximum atomic E-state index is 3.50. The Kier molecular flexibility index (Phi) is 140. The van der Waals surface area contributed by atoms with E-state index in [1.165, 1.54) is 0 Å². The average molecular weight is 208 g/mol. The fourth-order valence-electron chi connectivity index (χ4n) is 0. The largest absolute Gasteiger partial charge is 0.668 e. The van der Waals surface area contributed by atoms with Gasteiger partial charge in [0.1, 0.15) is 0 Å². The Morgan fingerprint density at radius 1 is 1.00 bits per heavy atom. The van der Waals surface area contributed by atoms with Crippen molar-refractivity contribution in [1.82, 2.24) is 0 Å². The van der Waals surface area contributed by atoms with Crippen LogP contribution in [0.5, 0.6) is 0 Å². The Hall–Kier alpha value is 1.42. The van der Waals surface area contributed by atoms with Crippen molar-refractivity contribution in [3.63, 3.8) is 0 Å². The van der Waals surface area contributed by atoms with Crippen molar-refractivity contribution in [2.24, 2.45) is 0 Å². The van der Waals surface area contributed by atoms with Crippen LogP contribution in [0.3, 0.4) is 0 Å². The third kappa shape index (κ3) is 52.4. The third-order valence-corrected chi connectivity index (χ3v) is 0. The first kappa shape index (κ1) is 26.1. The SMILES string of the molecule is C[N-]C.Cl.Cl.[Zr]. The summed E-state index contributed by atoms with van der Waals surface area (Å²) in [5.41, 5.74) is 0. The molecule has 4 heteroatoms. The summed E-state index contributed by atoms with van der Waals surface area (Å²) in [5, 5.41) is 3.50. The van der Waals surface area contributed by atoms with Crippen molar-refractivity contribution < 1.29 is 26.2 Å². The molecule has 0 amide bonds. The van der Waals surface area contributed by atoms with Gasteiger partial charge in [0.25, 0.3) is 0 Å². The van der Waals surface area contributed by atoms with Gasteiger partial charge < -0.3 is 5.32 Å². The number of hydrogen-bond donors (Lipinski definition) is 0. The summed E-state index contributed by atoms with van der Waals surface area (Å²) in [6.45, 7) is 0. The molecule has 0 aliphatic rings. The summed E-state index contributed by atoms with van der Waals surface area (Å²) >= 11 is 0. The number of hydrogen-bond acceptors (Lipinski definition) is 0. The van der Waals surface area contributed by atoms with E-state index in [0.717, 1.165) is 0 Å². The van der Waals surface area contributed by atoms with E-state index in [-0.39, 0.29) is 51.0 Å². The quantitative estimate of drug-likeness (QED) is 0.572. The summed E-state index contributed by atoms with van der Waals surface area (Å²) < 4.78 is 0. The molecule has 0 bridgehead atoms. The van der Waals surface area contributed by atoms with Crippen molar-refractivity contribution in [2.75, 3.05) is 14.1 Å². The monoisotopic (exact) mass is 206 g/mol. The zero-order valence-electron chi connectivity index (χ0n) is 3.76. The molecule has 0 N–H and O–H groups in total. The molecule has 0 heterocycles. The zero-order chi connectivity index (χ0) is 2.71. The Bertz CT molecular complexity index is 11.5. The van der Waals surface area contributed by atoms with E-state index in [2.05, 4.69) is 5.32 Å². The molecular formula is C2H8Cl2NZr-. The fraction of sp³-hybridized carbons (Fsp3) is 1.00. The molecule has 1 nitrogen and oxygen atoms in total. The van der Waals surface area contributed by atoms with Crippen molar-refractivity contribution in [2.45, 2.75) is 0 Å². The summed E-state index contributed by atoms with van der Waals surface area (Å²) in [6.07, 6.45) is 0. The molecule has 0 atom stereocenters. The van der Waals surface area contributed by atoms with E-state index in [1.807, 2.05) is 0 Å². The molecule has 0 aromatic carbocycles. The Balaban J connectivity index is -0.00000000667. The standard InChI is InChI=1S/C2H6N.2ClH.Zr/c1-3-2;;;/h1-2H3;2*1H;/q-1;;;. The van der Waals surface area contributed by atoms with Gasteiger partial charge in [-0.2, -0.15) is 14.1 Å². The van der Waals surface area contributed by atoms with E-state index in [1.54, 1.807) is 14.1 Å². The van der Waals surface area contributed by atoms with Crippen LogP contribution in [0.4, 0.5) is 0 Å². The molecule has 0 aromatic rings. The van der Waals surface area contributed by atoms with Gasteiger partial charge in [-0.1, -0.05) is 0 Å². The van der Waals surface area contributed by atoms with E-state index in [0.29, 0.717) is 0 Å². The molecule has 0 spiro atoms. The predicted molar refractivity (Wildman–Crippen MR) is 29.7 cm³/mol. The summed E-state index contributed by atoms with van der Waals surface area (Å²) in [7, 11) is 3.50. The summed E-state index contributed by atoms with van der Waals surface area (Å²) in [6, 6.07) is 0. The smallest absolute Gasteiger partial charge is 0 e. The van der Waals surface area contributed by atoms with Crippen LogP contribution in [0.25, 0.3) is 5.32 Å². The van der Waals surface area contributed by atoms with Crippen molar-refractivity contribution >= 4 is 24.8 Å². The zero-order valence-corrected chi connectivity index (χ0v) is 7.85. The molecular weight excluding hydrogens is 200 g/mol. The van der Waals surface area contributed by atoms with Crippen LogP contribution in [-0.4, -0.2) is 14.1 Å². The number of nitrogens with zero attached hydrogens (tertiary/aromatic N) is 1. The molecule has 0 radical (unpaired) electrons. The first-order valence-corrected chi connectivity index (χ1v) is 0.894. The van der Waals surface area contributed by atoms with Gasteiger partial charge in [-0.3, -0.25) is 0 Å². The molecule has 6 heavy (non-hydrogen) atoms. The summed E-state index contributed by atoms with van der Waals surface area (Å²) in [4.78, 5) is 0. The molecule has 0 unspecified atom stereocenters. The van der Waals surface area contributed by atoms with Gasteiger partial charge in [-0.05, 0) is 0 Å². The van der Waals surface area contributed by atoms with Gasteiger partial charge in [0.05, 0.1) is 0 Å². The van der Waals surface area contributed by atoms with Crippen LogP contribution in [0, 0.1) is 0 Å². The first-order valence-electron chi connectivity index (χ1n) is 0.894. The van der Waals surface area contributed by atoms with Crippen LogP contribution >= 0.6 is 24.8 Å². The fourth-order valence-corrected chi connectivity index (χ4v) is 0. The Morgan fingerprint density at radius 2 is 1.00 bits per heavy atom. The minimum atomic E-state index is 0. The van der Waals surface area contributed by atoms with Crippen molar-refractivity contribution in [1.29, 1.82) is 0 Å². The second kappa shape index (κ2) is 32.2. The normalized spacial score (nSPS) is 3.00. The second-order valence-corrected chi connectivity index (χ2v) is 0.447. The topological polar surface area (TPSA) is 14.1 Å². The molecule has 0 aliphatic heterocycles. The molecule has 40 valence electrons. The summed E-state index contributed by atoms with van der Waals surface area (Å²) in [5.74, 6) is 0. The molecule has 0 aliphatic carbocycles. The van der Waals surface area contributed by atoms with E-state index >= 15 is 0 Å². The van der Waals surface area contributed by atoms with Gasteiger partial charge >= 0.3 is 0 Å². The minimum Gasteiger partial charge on any atom is -0.668 e. The third-order valence-electron chi connectivity index (χ3n) is 0. The molecule has 0 saturated carbocycles. The Labute approximate surface area is 70.2 Å². The molecule has 0 fully saturated rings. The maximum Gasteiger partial charge on any atom is 0 e. The van der Waals surface area contributed by atoms with Crippen LogP contribution < -0.4 is 0 Å². The van der Waals surface area contributed by atoms with Gasteiger partial charge in [0.2, 0.25) is 0 Å². The first-order chi connectivity index (χ1) is 1.41. The van der Waals surface area contributed by atoms with Gasteiger partial charge in [0, 0.05) is 26.2 Å². The van der Waals surface area contributed by atoms with Gasteiger partial charge in [-0.15, -0.1) is 24.8 Å². The van der Waals surface area contributed by atoms with Gasteiger partial charge in [-0.25, -0.2) is 0 Å². The minimum absolute atomic E-state index is 0. The van der Waals surface area contributed by atoms with Crippen LogP contribution in [0.2, 0.25) is 0 Å². The second-order valence-electron chi connectivity index (χ2n) is 0.447. The van der Waals surface area contributed by atoms with E-state index < -0.39 is 0 Å². The van der Waals surface area contributed by atoms with Crippen molar-refractivity contribution in [3.8, 4) is 0 Å². The predicted octanol–water partition coefficient (Wildman–Crippen LogP) is 1.46. The van der Waals surface area contributed by atoms with Gasteiger partial charge in [0.15, 0.2) is 0 Å². The van der Waals surface area contributed by atoms with E-state index in [9.17, 15) is 0 Å². The Morgan fingerprint density at radius 3 is 1.00 bits per heavy atom. The molecule has 0 rings (SSSR count). The molecule has 0 saturated heterocycles. The number of halogens is 2. The maximum absolute atomic E-state index is 3.50.